The Hall–Kier alpha value is -3.65. The Bertz CT molecular complexity index is 1920. The fourth-order valence-corrected chi connectivity index (χ4v) is 7.54. The highest BCUT2D eigenvalue weighted by molar-refractivity contribution is 7.21. The minimum Gasteiger partial charge on any atom is -0.422 e. The first-order valence-corrected chi connectivity index (χ1v) is 14.6. The van der Waals surface area contributed by atoms with Crippen LogP contribution < -0.4 is 10.5 Å². The molecule has 0 aliphatic carbocycles. The number of aromatic nitrogens is 1. The van der Waals surface area contributed by atoms with Crippen LogP contribution in [0.15, 0.2) is 63.8 Å². The number of hydrogen-bond donors (Lipinski definition) is 0. The van der Waals surface area contributed by atoms with Gasteiger partial charge in [-0.3, -0.25) is 0 Å². The van der Waals surface area contributed by atoms with Gasteiger partial charge in [0.05, 0.1) is 15.8 Å². The number of nitrogens with zero attached hydrogens (tertiary/aromatic N) is 2. The summed E-state index contributed by atoms with van der Waals surface area (Å²) in [7, 11) is 0. The van der Waals surface area contributed by atoms with Crippen LogP contribution in [-0.2, 0) is 17.0 Å². The van der Waals surface area contributed by atoms with Crippen molar-refractivity contribution >= 4 is 38.2 Å². The van der Waals surface area contributed by atoms with Crippen molar-refractivity contribution in [1.29, 1.82) is 0 Å². The van der Waals surface area contributed by atoms with Crippen LogP contribution in [0.5, 0.6) is 0 Å². The predicted molar refractivity (Wildman–Crippen MR) is 159 cm³/mol. The molecule has 0 fully saturated rings. The number of alkyl halides is 3. The number of rotatable bonds is 2. The summed E-state index contributed by atoms with van der Waals surface area (Å²) in [5.74, 6) is 0. The summed E-state index contributed by atoms with van der Waals surface area (Å²) < 4.78 is 52.0. The third-order valence-corrected chi connectivity index (χ3v) is 9.95. The van der Waals surface area contributed by atoms with Gasteiger partial charge in [0.1, 0.15) is 16.2 Å². The van der Waals surface area contributed by atoms with Gasteiger partial charge in [-0.25, -0.2) is 9.78 Å². The van der Waals surface area contributed by atoms with Crippen molar-refractivity contribution in [3.63, 3.8) is 0 Å². The molecule has 0 amide bonds. The van der Waals surface area contributed by atoms with Crippen LogP contribution in [0, 0.1) is 0 Å². The van der Waals surface area contributed by atoms with Crippen LogP contribution in [0.3, 0.4) is 0 Å². The smallest absolute Gasteiger partial charge is 0.418 e. The van der Waals surface area contributed by atoms with Crippen LogP contribution in [0.2, 0.25) is 0 Å². The zero-order valence-corrected chi connectivity index (χ0v) is 24.1. The maximum absolute atomic E-state index is 15.1. The lowest BCUT2D eigenvalue weighted by atomic mass is 9.69. The lowest BCUT2D eigenvalue weighted by Crippen LogP contribution is -2.45. The third-order valence-electron chi connectivity index (χ3n) is 8.90. The van der Waals surface area contributed by atoms with E-state index in [2.05, 4.69) is 23.7 Å². The fraction of sp³-hybridized carbons (Fsp3) is 0.333. The molecule has 0 spiro atoms. The van der Waals surface area contributed by atoms with Crippen molar-refractivity contribution < 1.29 is 17.6 Å². The first-order chi connectivity index (χ1) is 19.3. The Balaban J connectivity index is 1.54. The molecule has 4 nitrogen and oxygen atoms in total. The second-order valence-corrected chi connectivity index (χ2v) is 13.5. The molecular weight excluding hydrogens is 545 g/mol. The van der Waals surface area contributed by atoms with Crippen molar-refractivity contribution in [1.82, 2.24) is 4.98 Å². The van der Waals surface area contributed by atoms with E-state index in [1.54, 1.807) is 6.07 Å². The van der Waals surface area contributed by atoms with E-state index in [0.29, 0.717) is 15.8 Å². The molecule has 2 aliphatic rings. The van der Waals surface area contributed by atoms with E-state index in [0.717, 1.165) is 59.6 Å². The summed E-state index contributed by atoms with van der Waals surface area (Å²) in [5.41, 5.74) is 1.70. The highest BCUT2D eigenvalue weighted by Gasteiger charge is 2.45. The van der Waals surface area contributed by atoms with Crippen molar-refractivity contribution in [3.05, 3.63) is 81.7 Å². The molecule has 4 heterocycles. The van der Waals surface area contributed by atoms with Gasteiger partial charge in [-0.1, -0.05) is 64.1 Å². The summed E-state index contributed by atoms with van der Waals surface area (Å²) in [6.45, 7) is 9.86. The van der Waals surface area contributed by atoms with Crippen LogP contribution in [0.1, 0.15) is 57.2 Å². The van der Waals surface area contributed by atoms with E-state index in [4.69, 9.17) is 4.42 Å². The lowest BCUT2D eigenvalue weighted by Gasteiger charge is -2.48. The third kappa shape index (κ3) is 4.02. The van der Waals surface area contributed by atoms with Gasteiger partial charge in [0.15, 0.2) is 0 Å². The molecule has 0 unspecified atom stereocenters. The average Bonchev–Trinajstić information content (AvgIpc) is 3.33. The van der Waals surface area contributed by atoms with Gasteiger partial charge in [-0.15, -0.1) is 11.3 Å². The summed E-state index contributed by atoms with van der Waals surface area (Å²) in [6.07, 6.45) is -3.21. The molecule has 5 aromatic rings. The maximum atomic E-state index is 15.1. The summed E-state index contributed by atoms with van der Waals surface area (Å²) in [5, 5.41) is -0.0466. The molecule has 0 atom stereocenters. The largest absolute Gasteiger partial charge is 0.422 e. The quantitative estimate of drug-likeness (QED) is 0.198. The molecule has 41 heavy (non-hydrogen) atoms. The molecule has 0 saturated heterocycles. The van der Waals surface area contributed by atoms with E-state index in [1.165, 1.54) is 0 Å². The molecule has 0 radical (unpaired) electrons. The summed E-state index contributed by atoms with van der Waals surface area (Å²) in [6, 6.07) is 16.9. The number of benzene rings is 3. The predicted octanol–water partition coefficient (Wildman–Crippen LogP) is 8.92. The van der Waals surface area contributed by atoms with Crippen LogP contribution >= 0.6 is 11.3 Å². The van der Waals surface area contributed by atoms with E-state index in [-0.39, 0.29) is 21.4 Å². The van der Waals surface area contributed by atoms with Gasteiger partial charge in [-0.2, -0.15) is 13.2 Å². The van der Waals surface area contributed by atoms with Crippen molar-refractivity contribution in [2.75, 3.05) is 18.0 Å². The van der Waals surface area contributed by atoms with E-state index < -0.39 is 28.3 Å². The van der Waals surface area contributed by atoms with Gasteiger partial charge in [-0.05, 0) is 58.6 Å². The molecule has 7 rings (SSSR count). The monoisotopic (exact) mass is 574 g/mol. The normalized spacial score (nSPS) is 17.7. The first kappa shape index (κ1) is 26.3. The van der Waals surface area contributed by atoms with Crippen LogP contribution in [0.25, 0.3) is 42.9 Å². The number of hydrogen-bond acceptors (Lipinski definition) is 5. The van der Waals surface area contributed by atoms with Crippen molar-refractivity contribution in [3.8, 4) is 21.7 Å². The Labute approximate surface area is 239 Å². The number of anilines is 1. The topological polar surface area (TPSA) is 46.3 Å². The summed E-state index contributed by atoms with van der Waals surface area (Å²) >= 11 is 1.08. The average molecular weight is 575 g/mol. The number of halogens is 3. The van der Waals surface area contributed by atoms with E-state index in [9.17, 15) is 4.79 Å². The molecule has 8 heteroatoms. The minimum atomic E-state index is -4.80. The molecule has 0 saturated carbocycles. The Morgan fingerprint density at radius 3 is 2.34 bits per heavy atom. The second-order valence-electron chi connectivity index (χ2n) is 12.5. The highest BCUT2D eigenvalue weighted by atomic mass is 32.1. The van der Waals surface area contributed by atoms with Gasteiger partial charge in [0, 0.05) is 29.7 Å². The van der Waals surface area contributed by atoms with Crippen LogP contribution in [0.4, 0.5) is 18.9 Å². The molecule has 0 bridgehead atoms. The zero-order valence-electron chi connectivity index (χ0n) is 23.3. The molecule has 2 aromatic heterocycles. The molecule has 3 aromatic carbocycles. The molecule has 2 aliphatic heterocycles. The van der Waals surface area contributed by atoms with E-state index in [1.807, 2.05) is 62.4 Å². The standard InChI is InChI=1S/C33H29F3N2O2S/c1-31(2)12-14-38-15-13-32(3,4)26-27(38)21(31)17-20-25(33(34,35)36)24(30(39)40-28(20)26)29-37-22-16-19(10-11-23(22)41-29)18-8-6-5-7-9-18/h5-11,16-17H,12-15H2,1-4H3. The molecule has 210 valence electrons. The number of fused-ring (bicyclic) bond motifs is 3. The Morgan fingerprint density at radius 2 is 1.63 bits per heavy atom. The van der Waals surface area contributed by atoms with Gasteiger partial charge < -0.3 is 9.32 Å². The molecular formula is C33H29F3N2O2S. The van der Waals surface area contributed by atoms with E-state index >= 15 is 13.2 Å². The maximum Gasteiger partial charge on any atom is 0.418 e. The number of thiazole rings is 1. The zero-order chi connectivity index (χ0) is 28.9. The summed E-state index contributed by atoms with van der Waals surface area (Å²) in [4.78, 5) is 20.4. The van der Waals surface area contributed by atoms with Gasteiger partial charge in [0.25, 0.3) is 0 Å². The Morgan fingerprint density at radius 1 is 0.927 bits per heavy atom. The van der Waals surface area contributed by atoms with Crippen LogP contribution in [-0.4, -0.2) is 18.1 Å². The lowest BCUT2D eigenvalue weighted by molar-refractivity contribution is -0.136. The SMILES string of the molecule is CC1(C)CCN2CCC(C)(C)c3c2c1cc1c(C(F)(F)F)c(-c2nc4cc(-c5ccccc5)ccc4s2)c(=O)oc31. The minimum absolute atomic E-state index is 0.0136. The van der Waals surface area contributed by atoms with Gasteiger partial charge >= 0.3 is 11.8 Å². The second kappa shape index (κ2) is 8.68. The fourth-order valence-electron chi connectivity index (χ4n) is 6.56. The first-order valence-electron chi connectivity index (χ1n) is 13.8. The van der Waals surface area contributed by atoms with Gasteiger partial charge in [0.2, 0.25) is 0 Å². The highest BCUT2D eigenvalue weighted by Crippen LogP contribution is 2.54. The molecule has 0 N–H and O–H groups in total. The Kier molecular flexibility index (Phi) is 5.56. The van der Waals surface area contributed by atoms with Crippen molar-refractivity contribution in [2.45, 2.75) is 57.5 Å². The van der Waals surface area contributed by atoms with Crippen molar-refractivity contribution in [2.24, 2.45) is 0 Å².